The Hall–Kier alpha value is -1.63. The molecule has 8 heteroatoms. The fraction of sp³-hybridized carbons (Fsp3) is 0.308. The molecule has 0 atom stereocenters. The predicted molar refractivity (Wildman–Crippen MR) is 65.9 cm³/mol. The lowest BCUT2D eigenvalue weighted by Gasteiger charge is -2.11. The van der Waals surface area contributed by atoms with Gasteiger partial charge in [0.15, 0.2) is 0 Å². The molecule has 1 aliphatic rings. The van der Waals surface area contributed by atoms with E-state index in [0.717, 1.165) is 10.8 Å². The minimum absolute atomic E-state index is 0.0536. The van der Waals surface area contributed by atoms with Gasteiger partial charge in [0.05, 0.1) is 17.0 Å². The van der Waals surface area contributed by atoms with Crippen LogP contribution in [-0.2, 0) is 19.0 Å². The molecule has 2 heterocycles. The Labute approximate surface area is 121 Å². The van der Waals surface area contributed by atoms with E-state index in [0.29, 0.717) is 5.02 Å². The molecule has 0 amide bonds. The zero-order valence-corrected chi connectivity index (χ0v) is 11.1. The number of aromatic nitrogens is 2. The van der Waals surface area contributed by atoms with Crippen LogP contribution in [0.15, 0.2) is 24.5 Å². The number of halogens is 6. The van der Waals surface area contributed by atoms with E-state index < -0.39 is 30.5 Å². The van der Waals surface area contributed by atoms with Crippen molar-refractivity contribution in [3.63, 3.8) is 0 Å². The topological polar surface area (TPSA) is 17.8 Å². The van der Waals surface area contributed by atoms with Crippen molar-refractivity contribution < 1.29 is 22.0 Å². The first kappa shape index (κ1) is 14.3. The molecule has 2 nitrogen and oxygen atoms in total. The number of nitrogens with zero attached hydrogens (tertiary/aromatic N) is 2. The third kappa shape index (κ3) is 2.50. The van der Waals surface area contributed by atoms with E-state index in [1.807, 2.05) is 0 Å². The van der Waals surface area contributed by atoms with Gasteiger partial charge in [-0.25, -0.2) is 13.8 Å². The summed E-state index contributed by atoms with van der Waals surface area (Å²) in [5.74, 6) is -3.04. The zero-order valence-electron chi connectivity index (χ0n) is 10.4. The number of hydrogen-bond donors (Lipinski definition) is 0. The Bertz CT molecular complexity index is 688. The summed E-state index contributed by atoms with van der Waals surface area (Å²) in [5, 5.41) is 0.309. The molecule has 0 fully saturated rings. The van der Waals surface area contributed by atoms with E-state index in [2.05, 4.69) is 4.98 Å². The van der Waals surface area contributed by atoms with Crippen molar-refractivity contribution in [3.05, 3.63) is 46.4 Å². The van der Waals surface area contributed by atoms with Gasteiger partial charge in [-0.15, -0.1) is 0 Å². The van der Waals surface area contributed by atoms with Crippen LogP contribution >= 0.6 is 11.6 Å². The van der Waals surface area contributed by atoms with Gasteiger partial charge in [-0.2, -0.15) is 13.2 Å². The Morgan fingerprint density at radius 1 is 1.19 bits per heavy atom. The molecule has 112 valence electrons. The van der Waals surface area contributed by atoms with Gasteiger partial charge < -0.3 is 4.57 Å². The SMILES string of the molecule is FC1(F)Cc2c(C(F)(F)F)cn(-c3ccc(Cl)cn3)c2C1. The molecular formula is C13H8ClF5N2. The van der Waals surface area contributed by atoms with Gasteiger partial charge >= 0.3 is 6.18 Å². The van der Waals surface area contributed by atoms with Gasteiger partial charge in [-0.3, -0.25) is 0 Å². The number of pyridine rings is 1. The average molecular weight is 323 g/mol. The maximum atomic E-state index is 13.5. The molecule has 2 aromatic rings. The molecule has 2 aromatic heterocycles. The van der Waals surface area contributed by atoms with Crippen molar-refractivity contribution in [1.29, 1.82) is 0 Å². The van der Waals surface area contributed by atoms with Gasteiger partial charge in [0.2, 0.25) is 0 Å². The van der Waals surface area contributed by atoms with Crippen LogP contribution in [0.2, 0.25) is 5.02 Å². The van der Waals surface area contributed by atoms with Crippen molar-refractivity contribution in [2.24, 2.45) is 0 Å². The highest BCUT2D eigenvalue weighted by Crippen LogP contribution is 2.43. The average Bonchev–Trinajstić information content (AvgIpc) is 2.82. The van der Waals surface area contributed by atoms with Gasteiger partial charge in [0, 0.05) is 24.5 Å². The van der Waals surface area contributed by atoms with Crippen molar-refractivity contribution in [2.75, 3.05) is 0 Å². The number of fused-ring (bicyclic) bond motifs is 1. The Morgan fingerprint density at radius 2 is 1.90 bits per heavy atom. The molecule has 0 saturated heterocycles. The predicted octanol–water partition coefficient (Wildman–Crippen LogP) is 4.28. The van der Waals surface area contributed by atoms with E-state index in [1.54, 1.807) is 0 Å². The molecule has 0 N–H and O–H groups in total. The summed E-state index contributed by atoms with van der Waals surface area (Å²) in [6.07, 6.45) is -4.25. The molecule has 0 aromatic carbocycles. The molecular weight excluding hydrogens is 315 g/mol. The summed E-state index contributed by atoms with van der Waals surface area (Å²) < 4.78 is 67.0. The van der Waals surface area contributed by atoms with Gasteiger partial charge in [-0.05, 0) is 17.7 Å². The second-order valence-electron chi connectivity index (χ2n) is 4.88. The smallest absolute Gasteiger partial charge is 0.305 e. The normalized spacial score (nSPS) is 17.0. The summed E-state index contributed by atoms with van der Waals surface area (Å²) in [5.41, 5.74) is -1.45. The molecule has 3 rings (SSSR count). The van der Waals surface area contributed by atoms with Crippen molar-refractivity contribution >= 4 is 11.6 Å². The fourth-order valence-corrected chi connectivity index (χ4v) is 2.61. The van der Waals surface area contributed by atoms with Crippen LogP contribution in [0.25, 0.3) is 5.82 Å². The van der Waals surface area contributed by atoms with Crippen LogP contribution in [0.3, 0.4) is 0 Å². The Balaban J connectivity index is 2.17. The molecule has 0 bridgehead atoms. The molecule has 1 aliphatic carbocycles. The minimum atomic E-state index is -4.68. The lowest BCUT2D eigenvalue weighted by molar-refractivity contribution is -0.138. The number of hydrogen-bond acceptors (Lipinski definition) is 1. The van der Waals surface area contributed by atoms with Crippen LogP contribution in [0.4, 0.5) is 22.0 Å². The number of rotatable bonds is 1. The molecule has 0 radical (unpaired) electrons. The van der Waals surface area contributed by atoms with E-state index in [1.165, 1.54) is 18.3 Å². The molecule has 0 unspecified atom stereocenters. The highest BCUT2D eigenvalue weighted by atomic mass is 35.5. The first-order valence-corrected chi connectivity index (χ1v) is 6.35. The molecule has 0 aliphatic heterocycles. The van der Waals surface area contributed by atoms with E-state index >= 15 is 0 Å². The van der Waals surface area contributed by atoms with Gasteiger partial charge in [0.1, 0.15) is 5.82 Å². The van der Waals surface area contributed by atoms with Crippen molar-refractivity contribution in [3.8, 4) is 5.82 Å². The van der Waals surface area contributed by atoms with Crippen LogP contribution in [0.5, 0.6) is 0 Å². The molecule has 0 saturated carbocycles. The monoisotopic (exact) mass is 322 g/mol. The fourth-order valence-electron chi connectivity index (χ4n) is 2.50. The van der Waals surface area contributed by atoms with Crippen LogP contribution in [0.1, 0.15) is 16.8 Å². The van der Waals surface area contributed by atoms with E-state index in [4.69, 9.17) is 11.6 Å². The molecule has 21 heavy (non-hydrogen) atoms. The molecule has 0 spiro atoms. The third-order valence-electron chi connectivity index (χ3n) is 3.35. The summed E-state index contributed by atoms with van der Waals surface area (Å²) in [6, 6.07) is 2.83. The van der Waals surface area contributed by atoms with Crippen LogP contribution in [-0.4, -0.2) is 15.5 Å². The number of alkyl halides is 5. The van der Waals surface area contributed by atoms with Crippen molar-refractivity contribution in [2.45, 2.75) is 24.9 Å². The maximum Gasteiger partial charge on any atom is 0.418 e. The van der Waals surface area contributed by atoms with Gasteiger partial charge in [0.25, 0.3) is 5.92 Å². The first-order valence-electron chi connectivity index (χ1n) is 5.97. The zero-order chi connectivity index (χ0) is 15.4. The summed E-state index contributed by atoms with van der Waals surface area (Å²) in [7, 11) is 0. The largest absolute Gasteiger partial charge is 0.418 e. The quantitative estimate of drug-likeness (QED) is 0.717. The Kier molecular flexibility index (Phi) is 3.02. The third-order valence-corrected chi connectivity index (χ3v) is 3.57. The van der Waals surface area contributed by atoms with E-state index in [-0.39, 0.29) is 17.1 Å². The van der Waals surface area contributed by atoms with Crippen LogP contribution < -0.4 is 0 Å². The summed E-state index contributed by atoms with van der Waals surface area (Å²) in [6.45, 7) is 0. The highest BCUT2D eigenvalue weighted by Gasteiger charge is 2.46. The van der Waals surface area contributed by atoms with Crippen LogP contribution in [0, 0.1) is 0 Å². The summed E-state index contributed by atoms with van der Waals surface area (Å²) in [4.78, 5) is 3.89. The first-order chi connectivity index (χ1) is 9.67. The Morgan fingerprint density at radius 3 is 2.48 bits per heavy atom. The standard InChI is InChI=1S/C13H8ClF5N2/c14-7-1-2-11(20-5-7)21-6-9(13(17,18)19)8-3-12(15,16)4-10(8)21/h1-2,5-6H,3-4H2. The second kappa shape index (κ2) is 4.43. The second-order valence-corrected chi connectivity index (χ2v) is 5.32. The lowest BCUT2D eigenvalue weighted by Crippen LogP contribution is -2.18. The summed E-state index contributed by atoms with van der Waals surface area (Å²) >= 11 is 5.67. The maximum absolute atomic E-state index is 13.5. The minimum Gasteiger partial charge on any atom is -0.305 e. The van der Waals surface area contributed by atoms with Gasteiger partial charge in [-0.1, -0.05) is 11.6 Å². The highest BCUT2D eigenvalue weighted by molar-refractivity contribution is 6.30. The lowest BCUT2D eigenvalue weighted by atomic mass is 10.1. The van der Waals surface area contributed by atoms with Crippen molar-refractivity contribution in [1.82, 2.24) is 9.55 Å². The van der Waals surface area contributed by atoms with E-state index in [9.17, 15) is 22.0 Å².